The maximum Gasteiger partial charge on any atom is 0.321 e. The van der Waals surface area contributed by atoms with Gasteiger partial charge in [-0.1, -0.05) is 36.8 Å². The zero-order chi connectivity index (χ0) is 26.0. The predicted molar refractivity (Wildman–Crippen MR) is 141 cm³/mol. The molecule has 8 heteroatoms. The highest BCUT2D eigenvalue weighted by Gasteiger charge is 2.55. The first-order valence-corrected chi connectivity index (χ1v) is 13.5. The number of rotatable bonds is 9. The summed E-state index contributed by atoms with van der Waals surface area (Å²) in [6, 6.07) is 12.8. The van der Waals surface area contributed by atoms with E-state index in [1.54, 1.807) is 17.2 Å². The third-order valence-electron chi connectivity index (χ3n) is 9.02. The number of methoxy groups -OCH3 is 1. The number of ketones is 1. The Morgan fingerprint density at radius 1 is 1.11 bits per heavy atom. The Kier molecular flexibility index (Phi) is 7.21. The molecule has 0 unspecified atom stereocenters. The van der Waals surface area contributed by atoms with E-state index in [1.807, 2.05) is 0 Å². The Balaban J connectivity index is 1.33. The van der Waals surface area contributed by atoms with Crippen LogP contribution < -0.4 is 4.74 Å². The lowest BCUT2D eigenvalue weighted by atomic mass is 9.68. The highest BCUT2D eigenvalue weighted by Crippen LogP contribution is 2.49. The molecule has 0 bridgehead atoms. The van der Waals surface area contributed by atoms with Gasteiger partial charge in [-0.25, -0.2) is 9.78 Å². The van der Waals surface area contributed by atoms with Crippen molar-refractivity contribution in [3.63, 3.8) is 0 Å². The molecule has 8 nitrogen and oxygen atoms in total. The number of carbonyl (C=O) groups is 2. The molecule has 3 fully saturated rings. The van der Waals surface area contributed by atoms with Crippen LogP contribution in [0.1, 0.15) is 56.2 Å². The van der Waals surface area contributed by atoms with Crippen LogP contribution in [0, 0.1) is 5.92 Å². The van der Waals surface area contributed by atoms with Crippen LogP contribution >= 0.6 is 0 Å². The Morgan fingerprint density at radius 2 is 1.84 bits per heavy atom. The second kappa shape index (κ2) is 10.4. The van der Waals surface area contributed by atoms with Gasteiger partial charge in [-0.05, 0) is 70.2 Å². The largest absolute Gasteiger partial charge is 0.467 e. The van der Waals surface area contributed by atoms with Crippen molar-refractivity contribution in [3.8, 4) is 6.01 Å². The number of hydrogen-bond donors (Lipinski definition) is 0. The van der Waals surface area contributed by atoms with Gasteiger partial charge in [0.1, 0.15) is 0 Å². The molecule has 37 heavy (non-hydrogen) atoms. The first-order valence-electron chi connectivity index (χ1n) is 13.5. The maximum atomic E-state index is 13.8. The molecule has 3 aliphatic rings. The van der Waals surface area contributed by atoms with Crippen molar-refractivity contribution in [1.82, 2.24) is 24.7 Å². The molecule has 1 aliphatic heterocycles. The van der Waals surface area contributed by atoms with E-state index >= 15 is 0 Å². The van der Waals surface area contributed by atoms with Crippen LogP contribution in [-0.4, -0.2) is 82.9 Å². The van der Waals surface area contributed by atoms with Crippen LogP contribution in [0.15, 0.2) is 42.6 Å². The normalized spacial score (nSPS) is 26.1. The lowest BCUT2D eigenvalue weighted by Crippen LogP contribution is -2.56. The van der Waals surface area contributed by atoms with Gasteiger partial charge in [-0.3, -0.25) is 9.69 Å². The summed E-state index contributed by atoms with van der Waals surface area (Å²) in [5.74, 6) is 0.567. The smallest absolute Gasteiger partial charge is 0.321 e. The Morgan fingerprint density at radius 3 is 2.46 bits per heavy atom. The Hall–Kier alpha value is -3.00. The zero-order valence-corrected chi connectivity index (χ0v) is 22.4. The van der Waals surface area contributed by atoms with E-state index in [9.17, 15) is 9.59 Å². The molecule has 0 atom stereocenters. The fourth-order valence-corrected chi connectivity index (χ4v) is 6.55. The van der Waals surface area contributed by atoms with E-state index in [0.29, 0.717) is 18.2 Å². The van der Waals surface area contributed by atoms with Crippen molar-refractivity contribution >= 4 is 11.8 Å². The number of ether oxygens (including phenoxy) is 1. The summed E-state index contributed by atoms with van der Waals surface area (Å²) in [6.07, 6.45) is 9.25. The average molecular weight is 506 g/mol. The van der Waals surface area contributed by atoms with Crippen molar-refractivity contribution in [2.45, 2.75) is 62.4 Å². The fourth-order valence-electron chi connectivity index (χ4n) is 6.55. The van der Waals surface area contributed by atoms with Gasteiger partial charge in [0.2, 0.25) is 0 Å². The maximum absolute atomic E-state index is 13.8. The summed E-state index contributed by atoms with van der Waals surface area (Å²) in [5.41, 5.74) is 1.71. The third-order valence-corrected chi connectivity index (χ3v) is 9.02. The fraction of sp³-hybridized carbons (Fsp3) is 0.586. The number of Topliss-reactive ketones (excluding diaryl/α,β-unsaturated/α-hetero) is 1. The van der Waals surface area contributed by atoms with Crippen LogP contribution in [-0.2, 0) is 16.8 Å². The third kappa shape index (κ3) is 4.96. The molecule has 2 saturated carbocycles. The van der Waals surface area contributed by atoms with E-state index in [4.69, 9.17) is 4.74 Å². The molecule has 5 rings (SSSR count). The molecule has 1 aromatic carbocycles. The van der Waals surface area contributed by atoms with Crippen LogP contribution in [0.5, 0.6) is 6.01 Å². The molecule has 0 N–H and O–H groups in total. The average Bonchev–Trinajstić information content (AvgIpc) is 3.12. The lowest BCUT2D eigenvalue weighted by molar-refractivity contribution is -0.119. The van der Waals surface area contributed by atoms with E-state index < -0.39 is 0 Å². The van der Waals surface area contributed by atoms with E-state index in [2.05, 4.69) is 64.2 Å². The first-order chi connectivity index (χ1) is 17.8. The number of amides is 2. The first kappa shape index (κ1) is 25.6. The standard InChI is InChI=1S/C29H39N5O3/c1-32(2)29(23-10-5-4-6-11-23)15-13-28(14-16-29)21-33(27(36)34(28)19-22-8-7-9-22)20-25(35)18-24-12-17-30-26(31-24)37-3/h4-6,10-12,17,22H,7-9,13-16,18-21H2,1-3H3. The minimum Gasteiger partial charge on any atom is -0.467 e. The molecule has 2 aliphatic carbocycles. The van der Waals surface area contributed by atoms with Crippen molar-refractivity contribution in [2.24, 2.45) is 5.92 Å². The van der Waals surface area contributed by atoms with E-state index in [1.165, 1.54) is 31.9 Å². The lowest BCUT2D eigenvalue weighted by Gasteiger charge is -2.51. The van der Waals surface area contributed by atoms with Gasteiger partial charge in [-0.15, -0.1) is 0 Å². The van der Waals surface area contributed by atoms with Gasteiger partial charge in [0.05, 0.1) is 31.3 Å². The second-order valence-corrected chi connectivity index (χ2v) is 11.3. The van der Waals surface area contributed by atoms with Gasteiger partial charge < -0.3 is 14.5 Å². The minimum atomic E-state index is -0.209. The second-order valence-electron chi connectivity index (χ2n) is 11.3. The van der Waals surface area contributed by atoms with Crippen molar-refractivity contribution < 1.29 is 14.3 Å². The highest BCUT2D eigenvalue weighted by molar-refractivity contribution is 5.88. The van der Waals surface area contributed by atoms with Crippen molar-refractivity contribution in [2.75, 3.05) is 40.8 Å². The Labute approximate surface area is 220 Å². The quantitative estimate of drug-likeness (QED) is 0.514. The van der Waals surface area contributed by atoms with Gasteiger partial charge in [-0.2, -0.15) is 4.98 Å². The Bertz CT molecular complexity index is 1110. The predicted octanol–water partition coefficient (Wildman–Crippen LogP) is 3.90. The van der Waals surface area contributed by atoms with Crippen LogP contribution in [0.4, 0.5) is 4.79 Å². The zero-order valence-electron chi connectivity index (χ0n) is 22.4. The van der Waals surface area contributed by atoms with Gasteiger partial charge in [0, 0.05) is 24.8 Å². The summed E-state index contributed by atoms with van der Waals surface area (Å²) >= 11 is 0. The van der Waals surface area contributed by atoms with Crippen LogP contribution in [0.3, 0.4) is 0 Å². The summed E-state index contributed by atoms with van der Waals surface area (Å²) in [6.45, 7) is 1.55. The molecule has 1 saturated heterocycles. The number of benzene rings is 1. The van der Waals surface area contributed by atoms with Gasteiger partial charge in [0.15, 0.2) is 5.78 Å². The summed E-state index contributed by atoms with van der Waals surface area (Å²) < 4.78 is 5.09. The van der Waals surface area contributed by atoms with Crippen LogP contribution in [0.2, 0.25) is 0 Å². The molecule has 1 aromatic heterocycles. The number of urea groups is 1. The highest BCUT2D eigenvalue weighted by atomic mass is 16.5. The molecular weight excluding hydrogens is 466 g/mol. The number of nitrogens with zero attached hydrogens (tertiary/aromatic N) is 5. The SMILES string of the molecule is COc1nccc(CC(=O)CN2CC3(CCC(c4ccccc4)(N(C)C)CC3)N(CC3CCC3)C2=O)n1. The molecule has 2 aromatic rings. The number of carbonyl (C=O) groups excluding carboxylic acids is 2. The summed E-state index contributed by atoms with van der Waals surface area (Å²) in [4.78, 5) is 41.4. The topological polar surface area (TPSA) is 78.9 Å². The van der Waals surface area contributed by atoms with Crippen LogP contribution in [0.25, 0.3) is 0 Å². The molecule has 0 radical (unpaired) electrons. The molecule has 2 amide bonds. The van der Waals surface area contributed by atoms with Gasteiger partial charge in [0.25, 0.3) is 0 Å². The molecule has 1 spiro atoms. The molecule has 198 valence electrons. The monoisotopic (exact) mass is 505 g/mol. The minimum absolute atomic E-state index is 0.0162. The van der Waals surface area contributed by atoms with E-state index in [0.717, 1.165) is 32.2 Å². The molecular formula is C29H39N5O3. The number of aromatic nitrogens is 2. The van der Waals surface area contributed by atoms with E-state index in [-0.39, 0.29) is 41.9 Å². The summed E-state index contributed by atoms with van der Waals surface area (Å²) in [5, 5.41) is 0. The van der Waals surface area contributed by atoms with Crippen molar-refractivity contribution in [1.29, 1.82) is 0 Å². The summed E-state index contributed by atoms with van der Waals surface area (Å²) in [7, 11) is 5.85. The van der Waals surface area contributed by atoms with Gasteiger partial charge >= 0.3 is 12.0 Å². The molecule has 2 heterocycles. The van der Waals surface area contributed by atoms with Crippen molar-refractivity contribution in [3.05, 3.63) is 53.9 Å². The number of hydrogen-bond acceptors (Lipinski definition) is 6.